The number of amides is 1. The Hall–Kier alpha value is -2.71. The Morgan fingerprint density at radius 1 is 1.11 bits per heavy atom. The smallest absolute Gasteiger partial charge is 0.240 e. The van der Waals surface area contributed by atoms with Crippen LogP contribution >= 0.6 is 23.1 Å². The van der Waals surface area contributed by atoms with E-state index in [1.807, 2.05) is 48.5 Å². The molecule has 1 fully saturated rings. The zero-order valence-corrected chi connectivity index (χ0v) is 16.0. The lowest BCUT2D eigenvalue weighted by Crippen LogP contribution is -2.28. The van der Waals surface area contributed by atoms with Gasteiger partial charge in [-0.15, -0.1) is 22.0 Å². The third kappa shape index (κ3) is 2.72. The van der Waals surface area contributed by atoms with Crippen molar-refractivity contribution >= 4 is 45.0 Å². The molecule has 1 amide bonds. The minimum absolute atomic E-state index is 0.0295. The second-order valence-corrected chi connectivity index (χ2v) is 8.09. The van der Waals surface area contributed by atoms with Gasteiger partial charge in [-0.05, 0) is 23.8 Å². The lowest BCUT2D eigenvalue weighted by Gasteiger charge is -2.22. The maximum Gasteiger partial charge on any atom is 0.240 e. The molecule has 27 heavy (non-hydrogen) atoms. The SMILES string of the molecule is COc1ccc(C2SCC(=O)N2c2nnc3c4ccccc4nc-3s2)cc1. The van der Waals surface area contributed by atoms with Gasteiger partial charge in [-0.25, -0.2) is 4.98 Å². The second kappa shape index (κ2) is 6.47. The van der Waals surface area contributed by atoms with E-state index in [1.54, 1.807) is 23.8 Å². The number of benzene rings is 2. The normalized spacial score (nSPS) is 17.1. The van der Waals surface area contributed by atoms with Gasteiger partial charge in [0, 0.05) is 5.39 Å². The van der Waals surface area contributed by atoms with Gasteiger partial charge in [-0.1, -0.05) is 41.7 Å². The quantitative estimate of drug-likeness (QED) is 0.524. The van der Waals surface area contributed by atoms with Crippen LogP contribution in [0, 0.1) is 0 Å². The number of hydrogen-bond acceptors (Lipinski definition) is 7. The van der Waals surface area contributed by atoms with Crippen molar-refractivity contribution in [1.29, 1.82) is 0 Å². The maximum atomic E-state index is 12.6. The Morgan fingerprint density at radius 3 is 2.74 bits per heavy atom. The zero-order valence-electron chi connectivity index (χ0n) is 14.3. The third-order valence-corrected chi connectivity index (χ3v) is 6.63. The number of ether oxygens (including phenoxy) is 1. The van der Waals surface area contributed by atoms with Gasteiger partial charge in [0.25, 0.3) is 0 Å². The molecule has 2 aromatic rings. The molecule has 6 nitrogen and oxygen atoms in total. The lowest BCUT2D eigenvalue weighted by atomic mass is 10.2. The Kier molecular flexibility index (Phi) is 3.95. The molecule has 3 aliphatic rings. The van der Waals surface area contributed by atoms with E-state index in [9.17, 15) is 4.79 Å². The summed E-state index contributed by atoms with van der Waals surface area (Å²) >= 11 is 2.99. The monoisotopic (exact) mass is 394 g/mol. The number of anilines is 1. The van der Waals surface area contributed by atoms with Crippen LogP contribution in [0.2, 0.25) is 0 Å². The molecule has 0 bridgehead atoms. The first-order chi connectivity index (χ1) is 13.2. The predicted octanol–water partition coefficient (Wildman–Crippen LogP) is 3.98. The summed E-state index contributed by atoms with van der Waals surface area (Å²) in [6, 6.07) is 15.6. The molecule has 0 radical (unpaired) electrons. The molecule has 3 aliphatic heterocycles. The molecule has 1 atom stereocenters. The van der Waals surface area contributed by atoms with Gasteiger partial charge in [0.1, 0.15) is 21.8 Å². The summed E-state index contributed by atoms with van der Waals surface area (Å²) < 4.78 is 5.23. The molecule has 0 aromatic heterocycles. The molecule has 5 rings (SSSR count). The van der Waals surface area contributed by atoms with Crippen LogP contribution in [0.1, 0.15) is 10.9 Å². The molecule has 3 heterocycles. The summed E-state index contributed by atoms with van der Waals surface area (Å²) in [6.07, 6.45) is 0. The van der Waals surface area contributed by atoms with E-state index in [4.69, 9.17) is 4.74 Å². The van der Waals surface area contributed by atoms with Gasteiger partial charge in [-0.2, -0.15) is 0 Å². The highest BCUT2D eigenvalue weighted by Crippen LogP contribution is 2.44. The molecule has 0 aliphatic carbocycles. The number of carbonyl (C=O) groups is 1. The van der Waals surface area contributed by atoms with Crippen LogP contribution < -0.4 is 9.64 Å². The molecule has 2 aromatic carbocycles. The lowest BCUT2D eigenvalue weighted by molar-refractivity contribution is -0.115. The van der Waals surface area contributed by atoms with Crippen LogP contribution in [0.25, 0.3) is 21.6 Å². The second-order valence-electron chi connectivity index (χ2n) is 6.07. The molecule has 134 valence electrons. The topological polar surface area (TPSA) is 68.2 Å². The first-order valence-corrected chi connectivity index (χ1v) is 10.2. The molecular weight excluding hydrogens is 380 g/mol. The van der Waals surface area contributed by atoms with Crippen molar-refractivity contribution in [3.8, 4) is 16.5 Å². The number of hydrogen-bond donors (Lipinski definition) is 0. The number of thioether (sulfide) groups is 1. The maximum absolute atomic E-state index is 12.6. The molecule has 0 saturated carbocycles. The molecule has 1 saturated heterocycles. The summed E-state index contributed by atoms with van der Waals surface area (Å²) in [5.41, 5.74) is 2.70. The Labute approximate surface area is 163 Å². The van der Waals surface area contributed by atoms with Crippen LogP contribution in [-0.4, -0.2) is 34.0 Å². The summed E-state index contributed by atoms with van der Waals surface area (Å²) in [6.45, 7) is 0. The Balaban J connectivity index is 1.57. The Morgan fingerprint density at radius 2 is 1.93 bits per heavy atom. The van der Waals surface area contributed by atoms with E-state index in [1.165, 1.54) is 11.3 Å². The zero-order chi connectivity index (χ0) is 18.4. The van der Waals surface area contributed by atoms with E-state index in [-0.39, 0.29) is 11.3 Å². The van der Waals surface area contributed by atoms with E-state index < -0.39 is 0 Å². The molecule has 0 N–H and O–H groups in total. The minimum Gasteiger partial charge on any atom is -0.497 e. The van der Waals surface area contributed by atoms with Gasteiger partial charge >= 0.3 is 0 Å². The minimum atomic E-state index is -0.129. The molecule has 0 spiro atoms. The number of aromatic nitrogens is 3. The number of para-hydroxylation sites is 1. The fraction of sp³-hybridized carbons (Fsp3) is 0.158. The number of fused-ring (bicyclic) bond motifs is 3. The van der Waals surface area contributed by atoms with Crippen molar-refractivity contribution < 1.29 is 9.53 Å². The fourth-order valence-electron chi connectivity index (χ4n) is 3.16. The van der Waals surface area contributed by atoms with Gasteiger partial charge in [0.2, 0.25) is 11.0 Å². The van der Waals surface area contributed by atoms with Gasteiger partial charge in [0.05, 0.1) is 18.4 Å². The Bertz CT molecular complexity index is 1110. The average Bonchev–Trinajstić information content (AvgIpc) is 3.27. The number of carbonyl (C=O) groups excluding carboxylic acids is 1. The van der Waals surface area contributed by atoms with Crippen LogP contribution in [0.3, 0.4) is 0 Å². The van der Waals surface area contributed by atoms with Crippen molar-refractivity contribution in [3.63, 3.8) is 0 Å². The molecule has 1 unspecified atom stereocenters. The van der Waals surface area contributed by atoms with E-state index in [0.29, 0.717) is 10.9 Å². The highest BCUT2D eigenvalue weighted by atomic mass is 32.2. The van der Waals surface area contributed by atoms with Crippen LogP contribution in [-0.2, 0) is 4.79 Å². The third-order valence-electron chi connectivity index (χ3n) is 4.48. The van der Waals surface area contributed by atoms with Crippen LogP contribution in [0.4, 0.5) is 5.13 Å². The highest BCUT2D eigenvalue weighted by molar-refractivity contribution is 8.00. The number of nitrogens with zero attached hydrogens (tertiary/aromatic N) is 4. The standard InChI is InChI=1S/C19H14N4O2S2/c1-25-12-8-6-11(7-9-12)18-23(15(24)10-26-18)19-22-21-16-13-4-2-3-5-14(13)20-17(16)27-19/h2-9,18H,10H2,1H3. The highest BCUT2D eigenvalue weighted by Gasteiger charge is 2.36. The average molecular weight is 394 g/mol. The van der Waals surface area contributed by atoms with Gasteiger partial charge in [-0.3, -0.25) is 9.69 Å². The summed E-state index contributed by atoms with van der Waals surface area (Å²) in [5.74, 6) is 1.23. The summed E-state index contributed by atoms with van der Waals surface area (Å²) in [5, 5.41) is 11.0. The van der Waals surface area contributed by atoms with E-state index >= 15 is 0 Å². The summed E-state index contributed by atoms with van der Waals surface area (Å²) in [7, 11) is 1.64. The van der Waals surface area contributed by atoms with Crippen molar-refractivity contribution in [3.05, 3.63) is 54.1 Å². The largest absolute Gasteiger partial charge is 0.497 e. The number of methoxy groups -OCH3 is 1. The van der Waals surface area contributed by atoms with Crippen molar-refractivity contribution in [2.45, 2.75) is 5.37 Å². The van der Waals surface area contributed by atoms with Crippen LogP contribution in [0.5, 0.6) is 5.75 Å². The number of rotatable bonds is 3. The predicted molar refractivity (Wildman–Crippen MR) is 108 cm³/mol. The van der Waals surface area contributed by atoms with Crippen LogP contribution in [0.15, 0.2) is 48.5 Å². The first-order valence-electron chi connectivity index (χ1n) is 8.34. The summed E-state index contributed by atoms with van der Waals surface area (Å²) in [4.78, 5) is 19.0. The van der Waals surface area contributed by atoms with Gasteiger partial charge in [0.15, 0.2) is 0 Å². The molecule has 8 heteroatoms. The van der Waals surface area contributed by atoms with Crippen molar-refractivity contribution in [2.24, 2.45) is 0 Å². The molecular formula is C19H14N4O2S2. The van der Waals surface area contributed by atoms with E-state index in [2.05, 4.69) is 15.2 Å². The first kappa shape index (κ1) is 16.5. The fourth-order valence-corrected chi connectivity index (χ4v) is 5.33. The van der Waals surface area contributed by atoms with E-state index in [0.717, 1.165) is 32.9 Å². The van der Waals surface area contributed by atoms with Crippen molar-refractivity contribution in [1.82, 2.24) is 15.2 Å². The van der Waals surface area contributed by atoms with Crippen molar-refractivity contribution in [2.75, 3.05) is 17.8 Å². The van der Waals surface area contributed by atoms with Gasteiger partial charge < -0.3 is 4.74 Å².